The largest absolute Gasteiger partial charge is 0.397 e. The highest BCUT2D eigenvalue weighted by atomic mass is 32.2. The van der Waals surface area contributed by atoms with Crippen molar-refractivity contribution in [1.82, 2.24) is 4.72 Å². The summed E-state index contributed by atoms with van der Waals surface area (Å²) in [5.41, 5.74) is 7.82. The summed E-state index contributed by atoms with van der Waals surface area (Å²) in [6.07, 6.45) is 2.62. The Labute approximate surface area is 147 Å². The van der Waals surface area contributed by atoms with Crippen molar-refractivity contribution < 1.29 is 13.2 Å². The van der Waals surface area contributed by atoms with E-state index in [0.717, 1.165) is 18.4 Å². The van der Waals surface area contributed by atoms with Gasteiger partial charge in [0.05, 0.1) is 16.3 Å². The topological polar surface area (TPSA) is 101 Å². The van der Waals surface area contributed by atoms with Crippen molar-refractivity contribution in [3.8, 4) is 0 Å². The SMILES string of the molecule is Nc1ccccc1NC(=O)CCc1ccc(S(=O)(=O)NC2CC2)cc1. The van der Waals surface area contributed by atoms with Crippen LogP contribution in [0.15, 0.2) is 53.4 Å². The number of nitrogen functional groups attached to an aromatic ring is 1. The van der Waals surface area contributed by atoms with Gasteiger partial charge in [-0.15, -0.1) is 0 Å². The zero-order chi connectivity index (χ0) is 17.9. The van der Waals surface area contributed by atoms with Gasteiger partial charge in [-0.3, -0.25) is 4.79 Å². The molecule has 0 aromatic heterocycles. The summed E-state index contributed by atoms with van der Waals surface area (Å²) in [5, 5.41) is 2.77. The Hall–Kier alpha value is -2.38. The molecular weight excluding hydrogens is 338 g/mol. The van der Waals surface area contributed by atoms with E-state index in [9.17, 15) is 13.2 Å². The first-order valence-corrected chi connectivity index (χ1v) is 9.68. The molecule has 0 aliphatic heterocycles. The average molecular weight is 359 g/mol. The van der Waals surface area contributed by atoms with Crippen LogP contribution in [-0.2, 0) is 21.2 Å². The smallest absolute Gasteiger partial charge is 0.240 e. The van der Waals surface area contributed by atoms with E-state index in [2.05, 4.69) is 10.0 Å². The number of para-hydroxylation sites is 2. The highest BCUT2D eigenvalue weighted by molar-refractivity contribution is 7.89. The molecule has 25 heavy (non-hydrogen) atoms. The first kappa shape index (κ1) is 17.4. The molecular formula is C18H21N3O3S. The van der Waals surface area contributed by atoms with Gasteiger partial charge in [-0.25, -0.2) is 13.1 Å². The average Bonchev–Trinajstić information content (AvgIpc) is 3.39. The standard InChI is InChI=1S/C18H21N3O3S/c19-16-3-1-2-4-17(16)20-18(22)12-7-13-5-10-15(11-6-13)25(23,24)21-14-8-9-14/h1-6,10-11,14,21H,7-9,12,19H2,(H,20,22). The maximum absolute atomic E-state index is 12.1. The van der Waals surface area contributed by atoms with E-state index in [4.69, 9.17) is 5.73 Å². The second-order valence-corrected chi connectivity index (χ2v) is 7.89. The Balaban J connectivity index is 1.55. The zero-order valence-corrected chi connectivity index (χ0v) is 14.6. The zero-order valence-electron chi connectivity index (χ0n) is 13.7. The fourth-order valence-electron chi connectivity index (χ4n) is 2.41. The number of carbonyl (C=O) groups excluding carboxylic acids is 1. The molecule has 0 spiro atoms. The van der Waals surface area contributed by atoms with Gasteiger partial charge in [0.15, 0.2) is 0 Å². The lowest BCUT2D eigenvalue weighted by molar-refractivity contribution is -0.116. The van der Waals surface area contributed by atoms with E-state index in [1.54, 1.807) is 48.5 Å². The van der Waals surface area contributed by atoms with Crippen LogP contribution in [0, 0.1) is 0 Å². The third-order valence-corrected chi connectivity index (χ3v) is 5.54. The number of hydrogen-bond donors (Lipinski definition) is 3. The number of anilines is 2. The Morgan fingerprint density at radius 3 is 2.40 bits per heavy atom. The molecule has 0 saturated heterocycles. The number of carbonyl (C=O) groups is 1. The summed E-state index contributed by atoms with van der Waals surface area (Å²) >= 11 is 0. The highest BCUT2D eigenvalue weighted by Crippen LogP contribution is 2.22. The molecule has 1 amide bonds. The molecule has 1 aliphatic carbocycles. The molecule has 0 radical (unpaired) electrons. The number of hydrogen-bond acceptors (Lipinski definition) is 4. The number of benzene rings is 2. The third-order valence-electron chi connectivity index (χ3n) is 4.01. The van der Waals surface area contributed by atoms with Gasteiger partial charge >= 0.3 is 0 Å². The quantitative estimate of drug-likeness (QED) is 0.660. The van der Waals surface area contributed by atoms with Gasteiger partial charge < -0.3 is 11.1 Å². The van der Waals surface area contributed by atoms with Gasteiger partial charge in [-0.05, 0) is 49.1 Å². The second kappa shape index (κ2) is 7.25. The predicted octanol–water partition coefficient (Wildman–Crippen LogP) is 2.28. The van der Waals surface area contributed by atoms with E-state index in [1.807, 2.05) is 0 Å². The monoisotopic (exact) mass is 359 g/mol. The van der Waals surface area contributed by atoms with Crippen LogP contribution in [0.5, 0.6) is 0 Å². The number of rotatable bonds is 7. The van der Waals surface area contributed by atoms with E-state index in [-0.39, 0.29) is 16.8 Å². The first-order valence-electron chi connectivity index (χ1n) is 8.20. The van der Waals surface area contributed by atoms with Crippen molar-refractivity contribution >= 4 is 27.3 Å². The van der Waals surface area contributed by atoms with Gasteiger partial charge in [0.25, 0.3) is 0 Å². The molecule has 1 saturated carbocycles. The molecule has 0 atom stereocenters. The molecule has 4 N–H and O–H groups in total. The van der Waals surface area contributed by atoms with Crippen LogP contribution in [-0.4, -0.2) is 20.4 Å². The summed E-state index contributed by atoms with van der Waals surface area (Å²) in [7, 11) is -3.43. The minimum absolute atomic E-state index is 0.0822. The summed E-state index contributed by atoms with van der Waals surface area (Å²) in [4.78, 5) is 12.3. The van der Waals surface area contributed by atoms with E-state index < -0.39 is 10.0 Å². The lowest BCUT2D eigenvalue weighted by atomic mass is 10.1. The van der Waals surface area contributed by atoms with Crippen molar-refractivity contribution in [2.45, 2.75) is 36.6 Å². The maximum Gasteiger partial charge on any atom is 0.240 e. The van der Waals surface area contributed by atoms with Gasteiger partial charge in [-0.2, -0.15) is 0 Å². The summed E-state index contributed by atoms with van der Waals surface area (Å²) in [6, 6.07) is 13.8. The summed E-state index contributed by atoms with van der Waals surface area (Å²) < 4.78 is 26.9. The Morgan fingerprint density at radius 1 is 1.08 bits per heavy atom. The van der Waals surface area contributed by atoms with Crippen molar-refractivity contribution in [3.63, 3.8) is 0 Å². The van der Waals surface area contributed by atoms with Gasteiger partial charge in [0, 0.05) is 12.5 Å². The number of aryl methyl sites for hydroxylation is 1. The van der Waals surface area contributed by atoms with E-state index >= 15 is 0 Å². The van der Waals surface area contributed by atoms with Crippen LogP contribution in [0.2, 0.25) is 0 Å². The minimum Gasteiger partial charge on any atom is -0.397 e. The van der Waals surface area contributed by atoms with Crippen LogP contribution in [0.1, 0.15) is 24.8 Å². The van der Waals surface area contributed by atoms with Gasteiger partial charge in [-0.1, -0.05) is 24.3 Å². The maximum atomic E-state index is 12.1. The molecule has 0 bridgehead atoms. The van der Waals surface area contributed by atoms with Crippen LogP contribution >= 0.6 is 0 Å². The second-order valence-electron chi connectivity index (χ2n) is 6.17. The van der Waals surface area contributed by atoms with Crippen LogP contribution in [0.3, 0.4) is 0 Å². The lowest BCUT2D eigenvalue weighted by Crippen LogP contribution is -2.25. The molecule has 7 heteroatoms. The first-order chi connectivity index (χ1) is 11.9. The normalized spacial score (nSPS) is 14.2. The van der Waals surface area contributed by atoms with Crippen LogP contribution in [0.25, 0.3) is 0 Å². The molecule has 3 rings (SSSR count). The molecule has 1 fully saturated rings. The fourth-order valence-corrected chi connectivity index (χ4v) is 3.71. The van der Waals surface area contributed by atoms with E-state index in [1.165, 1.54) is 0 Å². The molecule has 6 nitrogen and oxygen atoms in total. The third kappa shape index (κ3) is 4.80. The Kier molecular flexibility index (Phi) is 5.06. The van der Waals surface area contributed by atoms with E-state index in [0.29, 0.717) is 24.2 Å². The molecule has 132 valence electrons. The van der Waals surface area contributed by atoms with Gasteiger partial charge in [0.2, 0.25) is 15.9 Å². The van der Waals surface area contributed by atoms with Crippen LogP contribution < -0.4 is 15.8 Å². The predicted molar refractivity (Wildman–Crippen MR) is 97.6 cm³/mol. The number of sulfonamides is 1. The number of amides is 1. The number of nitrogens with two attached hydrogens (primary N) is 1. The number of nitrogens with one attached hydrogen (secondary N) is 2. The molecule has 0 heterocycles. The lowest BCUT2D eigenvalue weighted by Gasteiger charge is -2.09. The minimum atomic E-state index is -3.43. The Morgan fingerprint density at radius 2 is 1.76 bits per heavy atom. The van der Waals surface area contributed by atoms with Crippen molar-refractivity contribution in [1.29, 1.82) is 0 Å². The molecule has 2 aromatic carbocycles. The molecule has 0 unspecified atom stereocenters. The van der Waals surface area contributed by atoms with Crippen molar-refractivity contribution in [2.75, 3.05) is 11.1 Å². The summed E-state index contributed by atoms with van der Waals surface area (Å²) in [5.74, 6) is -0.134. The molecule has 2 aromatic rings. The van der Waals surface area contributed by atoms with Crippen LogP contribution in [0.4, 0.5) is 11.4 Å². The van der Waals surface area contributed by atoms with Gasteiger partial charge in [0.1, 0.15) is 0 Å². The molecule has 1 aliphatic rings. The summed E-state index contributed by atoms with van der Waals surface area (Å²) in [6.45, 7) is 0. The Bertz CT molecular complexity index is 859. The fraction of sp³-hybridized carbons (Fsp3) is 0.278. The highest BCUT2D eigenvalue weighted by Gasteiger charge is 2.27. The van der Waals surface area contributed by atoms with Crippen molar-refractivity contribution in [3.05, 3.63) is 54.1 Å². The van der Waals surface area contributed by atoms with Crippen molar-refractivity contribution in [2.24, 2.45) is 0 Å².